The molecule has 2 aliphatic carbocycles. The topological polar surface area (TPSA) is 50.1 Å². The van der Waals surface area contributed by atoms with Crippen molar-refractivity contribution < 1.29 is 5.11 Å². The normalized spacial score (nSPS) is 31.4. The summed E-state index contributed by atoms with van der Waals surface area (Å²) in [6, 6.07) is 3.27. The van der Waals surface area contributed by atoms with E-state index in [9.17, 15) is 5.11 Å². The predicted octanol–water partition coefficient (Wildman–Crippen LogP) is 2.82. The monoisotopic (exact) mass is 291 g/mol. The molecular formula is C17H29N3O. The first kappa shape index (κ1) is 15.0. The summed E-state index contributed by atoms with van der Waals surface area (Å²) in [7, 11) is 2.01. The van der Waals surface area contributed by atoms with Crippen LogP contribution in [0.5, 0.6) is 0 Å². The molecule has 4 nitrogen and oxygen atoms in total. The fraction of sp³-hybridized carbons (Fsp3) is 0.824. The fourth-order valence-corrected chi connectivity index (χ4v) is 3.98. The van der Waals surface area contributed by atoms with Crippen LogP contribution in [0.2, 0.25) is 0 Å². The molecule has 1 aromatic rings. The third kappa shape index (κ3) is 3.67. The van der Waals surface area contributed by atoms with E-state index in [4.69, 9.17) is 5.10 Å². The molecule has 1 aromatic heterocycles. The summed E-state index contributed by atoms with van der Waals surface area (Å²) in [6.07, 6.45) is 13.3. The zero-order valence-corrected chi connectivity index (χ0v) is 13.2. The molecule has 0 radical (unpaired) electrons. The van der Waals surface area contributed by atoms with Gasteiger partial charge in [0.05, 0.1) is 17.3 Å². The van der Waals surface area contributed by atoms with Gasteiger partial charge in [-0.3, -0.25) is 4.68 Å². The van der Waals surface area contributed by atoms with Crippen LogP contribution >= 0.6 is 0 Å². The van der Waals surface area contributed by atoms with E-state index in [1.807, 2.05) is 7.05 Å². The summed E-state index contributed by atoms with van der Waals surface area (Å²) in [5.41, 5.74) is 0.519. The number of hydrogen-bond acceptors (Lipinski definition) is 3. The molecule has 2 N–H and O–H groups in total. The average molecular weight is 291 g/mol. The molecule has 0 bridgehead atoms. The Bertz CT molecular complexity index is 443. The lowest BCUT2D eigenvalue weighted by Crippen LogP contribution is -2.41. The molecule has 0 atom stereocenters. The largest absolute Gasteiger partial charge is 0.389 e. The summed E-state index contributed by atoms with van der Waals surface area (Å²) in [5.74, 6) is 0. The lowest BCUT2D eigenvalue weighted by atomic mass is 9.79. The van der Waals surface area contributed by atoms with Crippen molar-refractivity contribution >= 4 is 0 Å². The van der Waals surface area contributed by atoms with Gasteiger partial charge in [0.1, 0.15) is 0 Å². The van der Waals surface area contributed by atoms with Crippen molar-refractivity contribution in [2.45, 2.75) is 81.9 Å². The lowest BCUT2D eigenvalue weighted by Gasteiger charge is -2.35. The Hall–Kier alpha value is -0.870. The number of aromatic nitrogens is 2. The van der Waals surface area contributed by atoms with Gasteiger partial charge in [-0.25, -0.2) is 0 Å². The first-order valence-corrected chi connectivity index (χ1v) is 8.62. The first-order chi connectivity index (χ1) is 10.2. The fourth-order valence-electron chi connectivity index (χ4n) is 3.98. The second-order valence-electron chi connectivity index (χ2n) is 7.04. The van der Waals surface area contributed by atoms with Crippen LogP contribution in [0.25, 0.3) is 0 Å². The standard InChI is InChI=1S/C17H29N3O/c1-18-14-7-10-17(21,11-8-14)13-15-9-12-20(19-15)16-5-3-2-4-6-16/h9,12,14,16,18,21H,2-8,10-11,13H2,1H3. The van der Waals surface area contributed by atoms with Crippen molar-refractivity contribution in [2.24, 2.45) is 0 Å². The molecule has 2 aliphatic rings. The lowest BCUT2D eigenvalue weighted by molar-refractivity contribution is -0.00337. The van der Waals surface area contributed by atoms with E-state index in [-0.39, 0.29) is 0 Å². The maximum Gasteiger partial charge on any atom is 0.0704 e. The third-order valence-corrected chi connectivity index (χ3v) is 5.45. The van der Waals surface area contributed by atoms with E-state index in [0.29, 0.717) is 18.5 Å². The van der Waals surface area contributed by atoms with Gasteiger partial charge in [0.15, 0.2) is 0 Å². The Kier molecular flexibility index (Phi) is 4.65. The minimum absolute atomic E-state index is 0.543. The summed E-state index contributed by atoms with van der Waals surface area (Å²) in [5, 5.41) is 18.9. The molecule has 2 fully saturated rings. The highest BCUT2D eigenvalue weighted by Gasteiger charge is 2.33. The Labute approximate surface area is 127 Å². The smallest absolute Gasteiger partial charge is 0.0704 e. The van der Waals surface area contributed by atoms with E-state index >= 15 is 0 Å². The van der Waals surface area contributed by atoms with Crippen LogP contribution in [0.3, 0.4) is 0 Å². The number of hydrogen-bond donors (Lipinski definition) is 2. The number of aliphatic hydroxyl groups is 1. The highest BCUT2D eigenvalue weighted by molar-refractivity contribution is 5.06. The molecule has 0 aliphatic heterocycles. The number of nitrogens with one attached hydrogen (secondary N) is 1. The molecule has 0 unspecified atom stereocenters. The van der Waals surface area contributed by atoms with E-state index in [1.165, 1.54) is 32.1 Å². The van der Waals surface area contributed by atoms with E-state index in [2.05, 4.69) is 22.3 Å². The van der Waals surface area contributed by atoms with Crippen LogP contribution in [-0.2, 0) is 6.42 Å². The van der Waals surface area contributed by atoms with E-state index < -0.39 is 5.60 Å². The molecule has 0 amide bonds. The van der Waals surface area contributed by atoms with E-state index in [0.717, 1.165) is 31.4 Å². The molecule has 3 rings (SSSR count). The van der Waals surface area contributed by atoms with Crippen LogP contribution in [0, 0.1) is 0 Å². The summed E-state index contributed by atoms with van der Waals surface area (Å²) >= 11 is 0. The Morgan fingerprint density at radius 1 is 1.24 bits per heavy atom. The zero-order chi connectivity index (χ0) is 14.7. The molecular weight excluding hydrogens is 262 g/mol. The van der Waals surface area contributed by atoms with Gasteiger partial charge in [-0.1, -0.05) is 19.3 Å². The van der Waals surface area contributed by atoms with Crippen LogP contribution in [-0.4, -0.2) is 33.6 Å². The van der Waals surface area contributed by atoms with Gasteiger partial charge >= 0.3 is 0 Å². The second-order valence-corrected chi connectivity index (χ2v) is 7.04. The number of nitrogens with zero attached hydrogens (tertiary/aromatic N) is 2. The minimum Gasteiger partial charge on any atom is -0.389 e. The molecule has 21 heavy (non-hydrogen) atoms. The van der Waals surface area contributed by atoms with Crippen LogP contribution in [0.15, 0.2) is 12.3 Å². The van der Waals surface area contributed by atoms with Crippen molar-refractivity contribution in [3.8, 4) is 0 Å². The Morgan fingerprint density at radius 2 is 1.95 bits per heavy atom. The zero-order valence-electron chi connectivity index (χ0n) is 13.2. The van der Waals surface area contributed by atoms with Crippen molar-refractivity contribution in [2.75, 3.05) is 7.05 Å². The molecule has 0 spiro atoms. The molecule has 2 saturated carbocycles. The molecule has 4 heteroatoms. The van der Waals surface area contributed by atoms with Crippen molar-refractivity contribution in [3.05, 3.63) is 18.0 Å². The molecule has 0 saturated heterocycles. The second kappa shape index (κ2) is 6.49. The van der Waals surface area contributed by atoms with Gasteiger partial charge in [-0.2, -0.15) is 5.10 Å². The summed E-state index contributed by atoms with van der Waals surface area (Å²) in [4.78, 5) is 0. The Balaban J connectivity index is 1.59. The van der Waals surface area contributed by atoms with Crippen LogP contribution in [0.1, 0.15) is 69.5 Å². The Morgan fingerprint density at radius 3 is 2.62 bits per heavy atom. The van der Waals surface area contributed by atoms with E-state index in [1.54, 1.807) is 0 Å². The van der Waals surface area contributed by atoms with Crippen LogP contribution in [0.4, 0.5) is 0 Å². The summed E-state index contributed by atoms with van der Waals surface area (Å²) in [6.45, 7) is 0. The van der Waals surface area contributed by atoms with Gasteiger partial charge in [0.2, 0.25) is 0 Å². The van der Waals surface area contributed by atoms with Crippen molar-refractivity contribution in [1.82, 2.24) is 15.1 Å². The first-order valence-electron chi connectivity index (χ1n) is 8.62. The molecule has 1 heterocycles. The third-order valence-electron chi connectivity index (χ3n) is 5.45. The van der Waals surface area contributed by atoms with Crippen molar-refractivity contribution in [3.63, 3.8) is 0 Å². The molecule has 0 aromatic carbocycles. The maximum atomic E-state index is 10.8. The summed E-state index contributed by atoms with van der Waals surface area (Å²) < 4.78 is 2.15. The number of rotatable bonds is 4. The average Bonchev–Trinajstić information content (AvgIpc) is 2.97. The highest BCUT2D eigenvalue weighted by Crippen LogP contribution is 2.32. The minimum atomic E-state index is -0.543. The van der Waals surface area contributed by atoms with Crippen LogP contribution < -0.4 is 5.32 Å². The highest BCUT2D eigenvalue weighted by atomic mass is 16.3. The molecule has 118 valence electrons. The van der Waals surface area contributed by atoms with Gasteiger partial charge in [-0.15, -0.1) is 0 Å². The SMILES string of the molecule is CNC1CCC(O)(Cc2ccn(C3CCCCC3)n2)CC1. The van der Waals surface area contributed by atoms with Gasteiger partial charge < -0.3 is 10.4 Å². The van der Waals surface area contributed by atoms with Crippen molar-refractivity contribution in [1.29, 1.82) is 0 Å². The van der Waals surface area contributed by atoms with Gasteiger partial charge in [0.25, 0.3) is 0 Å². The predicted molar refractivity (Wildman–Crippen MR) is 84.3 cm³/mol. The van der Waals surface area contributed by atoms with Gasteiger partial charge in [-0.05, 0) is 51.6 Å². The maximum absolute atomic E-state index is 10.8. The quantitative estimate of drug-likeness (QED) is 0.897. The van der Waals surface area contributed by atoms with Gasteiger partial charge in [0, 0.05) is 18.7 Å².